The van der Waals surface area contributed by atoms with Crippen LogP contribution < -0.4 is 10.5 Å². The number of carbonyl (C=O) groups excluding carboxylic acids is 1. The minimum atomic E-state index is -3.43. The Kier molecular flexibility index (Phi) is 3.53. The van der Waals surface area contributed by atoms with Gasteiger partial charge in [-0.2, -0.15) is 5.10 Å². The van der Waals surface area contributed by atoms with Gasteiger partial charge in [-0.3, -0.25) is 14.6 Å². The molecule has 0 aliphatic carbocycles. The van der Waals surface area contributed by atoms with E-state index in [4.69, 9.17) is 5.73 Å². The molecule has 0 fully saturated rings. The second-order valence-electron chi connectivity index (χ2n) is 5.12. The molecule has 0 atom stereocenters. The number of nitrogens with one attached hydrogen (secondary N) is 2. The predicted molar refractivity (Wildman–Crippen MR) is 88.5 cm³/mol. The zero-order valence-corrected chi connectivity index (χ0v) is 13.0. The number of anilines is 1. The molecule has 4 N–H and O–H groups in total. The third-order valence-electron chi connectivity index (χ3n) is 3.32. The number of carbonyl (C=O) groups is 1. The van der Waals surface area contributed by atoms with Crippen molar-refractivity contribution in [1.82, 2.24) is 10.2 Å². The van der Waals surface area contributed by atoms with Gasteiger partial charge in [-0.1, -0.05) is 18.2 Å². The van der Waals surface area contributed by atoms with Gasteiger partial charge in [-0.15, -0.1) is 0 Å². The Hall–Kier alpha value is -2.87. The molecular formula is C15H14N4O3S. The molecule has 1 amide bonds. The highest BCUT2D eigenvalue weighted by Gasteiger charge is 2.15. The van der Waals surface area contributed by atoms with E-state index in [1.807, 2.05) is 0 Å². The first kappa shape index (κ1) is 15.0. The summed E-state index contributed by atoms with van der Waals surface area (Å²) in [6.45, 7) is 0. The Morgan fingerprint density at radius 3 is 2.65 bits per heavy atom. The smallest absolute Gasteiger partial charge is 0.248 e. The molecular weight excluding hydrogens is 316 g/mol. The molecule has 0 radical (unpaired) electrons. The molecule has 0 saturated heterocycles. The molecule has 1 heterocycles. The van der Waals surface area contributed by atoms with Crippen LogP contribution in [-0.4, -0.2) is 30.8 Å². The van der Waals surface area contributed by atoms with Crippen LogP contribution >= 0.6 is 0 Å². The molecule has 7 nitrogen and oxygen atoms in total. The largest absolute Gasteiger partial charge is 0.366 e. The van der Waals surface area contributed by atoms with E-state index in [2.05, 4.69) is 14.9 Å². The van der Waals surface area contributed by atoms with Crippen molar-refractivity contribution in [2.75, 3.05) is 11.0 Å². The number of sulfonamides is 1. The molecule has 0 aliphatic rings. The zero-order chi connectivity index (χ0) is 16.6. The number of rotatable bonds is 4. The van der Waals surface area contributed by atoms with E-state index in [1.54, 1.807) is 42.5 Å². The molecule has 2 aromatic carbocycles. The highest BCUT2D eigenvalue weighted by molar-refractivity contribution is 7.92. The molecule has 23 heavy (non-hydrogen) atoms. The van der Waals surface area contributed by atoms with Crippen LogP contribution in [0.15, 0.2) is 42.5 Å². The van der Waals surface area contributed by atoms with Crippen LogP contribution in [0.4, 0.5) is 5.69 Å². The minimum absolute atomic E-state index is 0.355. The summed E-state index contributed by atoms with van der Waals surface area (Å²) in [5.74, 6) is -0.540. The lowest BCUT2D eigenvalue weighted by Crippen LogP contribution is -2.10. The van der Waals surface area contributed by atoms with Gasteiger partial charge in [0.1, 0.15) is 5.69 Å². The number of H-pyrrole nitrogens is 1. The Labute approximate surface area is 132 Å². The first-order valence-electron chi connectivity index (χ1n) is 6.70. The Bertz CT molecular complexity index is 1010. The first-order chi connectivity index (χ1) is 10.8. The van der Waals surface area contributed by atoms with Crippen molar-refractivity contribution in [3.05, 3.63) is 48.0 Å². The van der Waals surface area contributed by atoms with Crippen molar-refractivity contribution in [3.8, 4) is 11.3 Å². The topological polar surface area (TPSA) is 118 Å². The van der Waals surface area contributed by atoms with Gasteiger partial charge in [-0.25, -0.2) is 8.42 Å². The Morgan fingerprint density at radius 2 is 1.96 bits per heavy atom. The van der Waals surface area contributed by atoms with Crippen molar-refractivity contribution in [3.63, 3.8) is 0 Å². The van der Waals surface area contributed by atoms with Crippen molar-refractivity contribution < 1.29 is 13.2 Å². The maximum Gasteiger partial charge on any atom is 0.248 e. The van der Waals surface area contributed by atoms with Crippen LogP contribution in [0.2, 0.25) is 0 Å². The Balaban J connectivity index is 2.21. The van der Waals surface area contributed by atoms with Gasteiger partial charge < -0.3 is 5.73 Å². The quantitative estimate of drug-likeness (QED) is 0.674. The second kappa shape index (κ2) is 5.40. The van der Waals surface area contributed by atoms with Gasteiger partial charge in [0.25, 0.3) is 0 Å². The predicted octanol–water partition coefficient (Wildman–Crippen LogP) is 1.70. The van der Waals surface area contributed by atoms with Crippen LogP contribution in [0, 0.1) is 0 Å². The number of nitrogens with two attached hydrogens (primary N) is 1. The number of aromatic nitrogens is 2. The van der Waals surface area contributed by atoms with Gasteiger partial charge in [0, 0.05) is 16.5 Å². The van der Waals surface area contributed by atoms with E-state index in [0.29, 0.717) is 27.9 Å². The first-order valence-corrected chi connectivity index (χ1v) is 8.59. The summed E-state index contributed by atoms with van der Waals surface area (Å²) in [7, 11) is -3.43. The molecule has 3 aromatic rings. The van der Waals surface area contributed by atoms with Crippen molar-refractivity contribution in [2.45, 2.75) is 0 Å². The van der Waals surface area contributed by atoms with E-state index in [0.717, 1.165) is 11.8 Å². The number of benzene rings is 2. The molecule has 0 bridgehead atoms. The van der Waals surface area contributed by atoms with Crippen LogP contribution in [0.1, 0.15) is 10.4 Å². The number of aromatic amines is 1. The van der Waals surface area contributed by atoms with Gasteiger partial charge >= 0.3 is 0 Å². The number of hydrogen-bond acceptors (Lipinski definition) is 4. The molecule has 118 valence electrons. The summed E-state index contributed by atoms with van der Waals surface area (Å²) in [6, 6.07) is 11.8. The number of para-hydroxylation sites is 1. The van der Waals surface area contributed by atoms with Gasteiger partial charge in [-0.05, 0) is 24.3 Å². The lowest BCUT2D eigenvalue weighted by molar-refractivity contribution is 0.100. The number of hydrogen-bond donors (Lipinski definition) is 3. The van der Waals surface area contributed by atoms with Gasteiger partial charge in [0.15, 0.2) is 0 Å². The monoisotopic (exact) mass is 330 g/mol. The summed E-state index contributed by atoms with van der Waals surface area (Å²) in [5.41, 5.74) is 7.94. The highest BCUT2D eigenvalue weighted by Crippen LogP contribution is 2.32. The molecule has 3 rings (SSSR count). The van der Waals surface area contributed by atoms with E-state index < -0.39 is 15.9 Å². The maximum atomic E-state index is 11.5. The van der Waals surface area contributed by atoms with E-state index in [9.17, 15) is 13.2 Å². The second-order valence-corrected chi connectivity index (χ2v) is 6.87. The summed E-state index contributed by atoms with van der Waals surface area (Å²) >= 11 is 0. The number of amides is 1. The molecule has 0 aliphatic heterocycles. The molecule has 1 aromatic heterocycles. The van der Waals surface area contributed by atoms with Gasteiger partial charge in [0.2, 0.25) is 15.9 Å². The normalized spacial score (nSPS) is 11.5. The average Bonchev–Trinajstić information content (AvgIpc) is 2.89. The lowest BCUT2D eigenvalue weighted by Gasteiger charge is -2.09. The molecule has 0 spiro atoms. The zero-order valence-electron chi connectivity index (χ0n) is 12.2. The fourth-order valence-electron chi connectivity index (χ4n) is 2.35. The van der Waals surface area contributed by atoms with Crippen molar-refractivity contribution in [2.24, 2.45) is 5.73 Å². The van der Waals surface area contributed by atoms with Crippen LogP contribution in [0.5, 0.6) is 0 Å². The third kappa shape index (κ3) is 3.02. The fraction of sp³-hybridized carbons (Fsp3) is 0.0667. The van der Waals surface area contributed by atoms with E-state index in [1.165, 1.54) is 0 Å². The van der Waals surface area contributed by atoms with Gasteiger partial charge in [0.05, 0.1) is 17.5 Å². The van der Waals surface area contributed by atoms with Crippen molar-refractivity contribution in [1.29, 1.82) is 0 Å². The third-order valence-corrected chi connectivity index (χ3v) is 3.92. The molecule has 0 unspecified atom stereocenters. The summed E-state index contributed by atoms with van der Waals surface area (Å²) < 4.78 is 25.5. The van der Waals surface area contributed by atoms with E-state index >= 15 is 0 Å². The standard InChI is InChI=1S/C15H14N4O3S/c1-23(21,22)19-13-5-3-2-4-10(13)14-11-8-9(15(16)20)6-7-12(11)17-18-14/h2-8,19H,1H3,(H2,16,20)(H,17,18). The number of primary amides is 1. The highest BCUT2D eigenvalue weighted by atomic mass is 32.2. The lowest BCUT2D eigenvalue weighted by atomic mass is 10.0. The summed E-state index contributed by atoms with van der Waals surface area (Å²) in [6.07, 6.45) is 1.08. The number of nitrogens with zero attached hydrogens (tertiary/aromatic N) is 1. The minimum Gasteiger partial charge on any atom is -0.366 e. The fourth-order valence-corrected chi connectivity index (χ4v) is 2.93. The molecule has 0 saturated carbocycles. The maximum absolute atomic E-state index is 11.5. The summed E-state index contributed by atoms with van der Waals surface area (Å²) in [4.78, 5) is 11.4. The SMILES string of the molecule is CS(=O)(=O)Nc1ccccc1-c1n[nH]c2ccc(C(N)=O)cc12. The van der Waals surface area contributed by atoms with Crippen LogP contribution in [0.25, 0.3) is 22.2 Å². The Morgan fingerprint density at radius 1 is 1.22 bits per heavy atom. The molecule has 8 heteroatoms. The summed E-state index contributed by atoms with van der Waals surface area (Å²) in [5, 5.41) is 7.79. The van der Waals surface area contributed by atoms with Crippen LogP contribution in [0.3, 0.4) is 0 Å². The average molecular weight is 330 g/mol. The van der Waals surface area contributed by atoms with Crippen LogP contribution in [-0.2, 0) is 10.0 Å². The van der Waals surface area contributed by atoms with E-state index in [-0.39, 0.29) is 0 Å². The number of fused-ring (bicyclic) bond motifs is 1. The van der Waals surface area contributed by atoms with Crippen molar-refractivity contribution >= 4 is 32.5 Å².